The quantitative estimate of drug-likeness (QED) is 0.234. The van der Waals surface area contributed by atoms with Crippen molar-refractivity contribution in [1.82, 2.24) is 20.1 Å². The van der Waals surface area contributed by atoms with Gasteiger partial charge in [0.2, 0.25) is 11.8 Å². The van der Waals surface area contributed by atoms with E-state index in [2.05, 4.69) is 17.2 Å². The topological polar surface area (TPSA) is 119 Å². The minimum absolute atomic E-state index is 0.0889. The maximum absolute atomic E-state index is 13.4. The van der Waals surface area contributed by atoms with Crippen LogP contribution in [-0.4, -0.2) is 71.7 Å². The number of nitrogens with zero attached hydrogens (tertiary/aromatic N) is 2. The van der Waals surface area contributed by atoms with Crippen molar-refractivity contribution in [3.05, 3.63) is 48.7 Å². The first-order valence-corrected chi connectivity index (χ1v) is 12.8. The molecule has 1 aromatic carbocycles. The Morgan fingerprint density at radius 3 is 2.53 bits per heavy atom. The number of rotatable bonds is 13. The Bertz CT molecular complexity index is 1130. The number of aromatic nitrogens is 1. The zero-order chi connectivity index (χ0) is 28.3. The summed E-state index contributed by atoms with van der Waals surface area (Å²) in [5, 5.41) is 6.26. The van der Waals surface area contributed by atoms with Gasteiger partial charge >= 0.3 is 12.1 Å². The van der Waals surface area contributed by atoms with Crippen LogP contribution in [0.3, 0.4) is 0 Å². The minimum Gasteiger partial charge on any atom is -0.467 e. The third-order valence-electron chi connectivity index (χ3n) is 5.73. The normalized spacial score (nSPS) is 11.9. The lowest BCUT2D eigenvalue weighted by Crippen LogP contribution is -2.47. The van der Waals surface area contributed by atoms with Crippen LogP contribution in [0.15, 0.2) is 43.1 Å². The second kappa shape index (κ2) is 14.2. The van der Waals surface area contributed by atoms with Crippen molar-refractivity contribution in [1.29, 1.82) is 0 Å². The van der Waals surface area contributed by atoms with Gasteiger partial charge < -0.3 is 29.6 Å². The Morgan fingerprint density at radius 1 is 1.18 bits per heavy atom. The summed E-state index contributed by atoms with van der Waals surface area (Å²) >= 11 is 0. The summed E-state index contributed by atoms with van der Waals surface area (Å²) in [5.74, 6) is -1.26. The Hall–Kier alpha value is -3.82. The molecule has 2 aromatic rings. The molecule has 0 bridgehead atoms. The van der Waals surface area contributed by atoms with Gasteiger partial charge in [0.15, 0.2) is 0 Å². The van der Waals surface area contributed by atoms with Crippen LogP contribution < -0.4 is 10.6 Å². The average molecular weight is 529 g/mol. The fraction of sp³-hybridized carbons (Fsp3) is 0.500. The van der Waals surface area contributed by atoms with Gasteiger partial charge in [-0.05, 0) is 45.2 Å². The first-order chi connectivity index (χ1) is 18.0. The molecule has 0 aliphatic rings. The predicted octanol–water partition coefficient (Wildman–Crippen LogP) is 3.18. The van der Waals surface area contributed by atoms with E-state index >= 15 is 0 Å². The molecular formula is C28H40N4O6. The summed E-state index contributed by atoms with van der Waals surface area (Å²) in [6.45, 7) is 11.7. The van der Waals surface area contributed by atoms with E-state index in [9.17, 15) is 19.2 Å². The number of carbonyl (C=O) groups excluding carboxylic acids is 4. The van der Waals surface area contributed by atoms with Gasteiger partial charge in [0, 0.05) is 36.7 Å². The Morgan fingerprint density at radius 2 is 1.89 bits per heavy atom. The molecular weight excluding hydrogens is 488 g/mol. The summed E-state index contributed by atoms with van der Waals surface area (Å²) in [5.41, 5.74) is 1.21. The van der Waals surface area contributed by atoms with Gasteiger partial charge in [-0.3, -0.25) is 9.59 Å². The number of methoxy groups -OCH3 is 1. The van der Waals surface area contributed by atoms with E-state index in [4.69, 9.17) is 9.47 Å². The number of ether oxygens (including phenoxy) is 2. The van der Waals surface area contributed by atoms with E-state index in [0.29, 0.717) is 19.4 Å². The number of esters is 1. The van der Waals surface area contributed by atoms with Crippen molar-refractivity contribution in [2.45, 2.75) is 65.1 Å². The van der Waals surface area contributed by atoms with Crippen molar-refractivity contribution in [3.8, 4) is 0 Å². The number of benzene rings is 1. The second-order valence-corrected chi connectivity index (χ2v) is 9.94. The van der Waals surface area contributed by atoms with Gasteiger partial charge in [0.1, 0.15) is 11.6 Å². The number of para-hydroxylation sites is 1. The predicted molar refractivity (Wildman–Crippen MR) is 146 cm³/mol. The molecule has 1 heterocycles. The highest BCUT2D eigenvalue weighted by Crippen LogP contribution is 2.22. The number of allylic oxidation sites excluding steroid dienone is 1. The van der Waals surface area contributed by atoms with Crippen LogP contribution in [0.2, 0.25) is 0 Å². The molecule has 0 spiro atoms. The minimum atomic E-state index is -0.796. The van der Waals surface area contributed by atoms with Crippen molar-refractivity contribution in [3.63, 3.8) is 0 Å². The van der Waals surface area contributed by atoms with E-state index in [1.54, 1.807) is 33.8 Å². The maximum atomic E-state index is 13.4. The zero-order valence-electron chi connectivity index (χ0n) is 23.0. The molecule has 2 rings (SSSR count). The molecule has 0 saturated carbocycles. The SMILES string of the molecule is C=CCn1cc(CC(=O)N(CCCNC(=O)OC(C)(C)C)CC(=O)NC(CC)C(=O)OC)c2ccccc21. The summed E-state index contributed by atoms with van der Waals surface area (Å²) < 4.78 is 12.0. The van der Waals surface area contributed by atoms with Crippen LogP contribution >= 0.6 is 0 Å². The van der Waals surface area contributed by atoms with E-state index < -0.39 is 29.6 Å². The van der Waals surface area contributed by atoms with Crippen LogP contribution in [0.4, 0.5) is 4.79 Å². The molecule has 208 valence electrons. The van der Waals surface area contributed by atoms with Crippen molar-refractivity contribution in [2.75, 3.05) is 26.7 Å². The molecule has 10 heteroatoms. The molecule has 10 nitrogen and oxygen atoms in total. The van der Waals surface area contributed by atoms with Gasteiger partial charge in [-0.1, -0.05) is 31.2 Å². The molecule has 0 fully saturated rings. The van der Waals surface area contributed by atoms with Gasteiger partial charge in [-0.15, -0.1) is 6.58 Å². The number of alkyl carbamates (subject to hydrolysis) is 1. The summed E-state index contributed by atoms with van der Waals surface area (Å²) in [4.78, 5) is 51.5. The average Bonchev–Trinajstić information content (AvgIpc) is 3.20. The number of hydrogen-bond donors (Lipinski definition) is 2. The summed E-state index contributed by atoms with van der Waals surface area (Å²) in [6.07, 6.45) is 4.02. The Kier molecular flexibility index (Phi) is 11.4. The molecule has 1 aromatic heterocycles. The third-order valence-corrected chi connectivity index (χ3v) is 5.73. The fourth-order valence-electron chi connectivity index (χ4n) is 3.98. The van der Waals surface area contributed by atoms with Gasteiger partial charge in [0.05, 0.1) is 20.1 Å². The number of carbonyl (C=O) groups is 4. The smallest absolute Gasteiger partial charge is 0.407 e. The molecule has 0 aliphatic heterocycles. The van der Waals surface area contributed by atoms with Crippen LogP contribution in [0.1, 0.15) is 46.1 Å². The second-order valence-electron chi connectivity index (χ2n) is 9.94. The lowest BCUT2D eigenvalue weighted by molar-refractivity contribution is -0.145. The van der Waals surface area contributed by atoms with E-state index in [0.717, 1.165) is 16.5 Å². The van der Waals surface area contributed by atoms with Gasteiger partial charge in [-0.2, -0.15) is 0 Å². The Balaban J connectivity index is 2.14. The zero-order valence-corrected chi connectivity index (χ0v) is 23.0. The maximum Gasteiger partial charge on any atom is 0.407 e. The van der Waals surface area contributed by atoms with E-state index in [-0.39, 0.29) is 32.0 Å². The van der Waals surface area contributed by atoms with Crippen molar-refractivity contribution in [2.24, 2.45) is 0 Å². The van der Waals surface area contributed by atoms with Crippen molar-refractivity contribution >= 4 is 34.8 Å². The summed E-state index contributed by atoms with van der Waals surface area (Å²) in [7, 11) is 1.26. The third kappa shape index (κ3) is 9.24. The Labute approximate surface area is 224 Å². The first-order valence-electron chi connectivity index (χ1n) is 12.8. The highest BCUT2D eigenvalue weighted by atomic mass is 16.6. The highest BCUT2D eigenvalue weighted by Gasteiger charge is 2.24. The number of nitrogens with one attached hydrogen (secondary N) is 2. The highest BCUT2D eigenvalue weighted by molar-refractivity contribution is 5.92. The fourth-order valence-corrected chi connectivity index (χ4v) is 3.98. The lowest BCUT2D eigenvalue weighted by Gasteiger charge is -2.24. The van der Waals surface area contributed by atoms with Crippen LogP contribution in [0.5, 0.6) is 0 Å². The van der Waals surface area contributed by atoms with E-state index in [1.165, 1.54) is 12.0 Å². The summed E-state index contributed by atoms with van der Waals surface area (Å²) in [6, 6.07) is 7.00. The molecule has 38 heavy (non-hydrogen) atoms. The molecule has 1 unspecified atom stereocenters. The molecule has 0 aliphatic carbocycles. The van der Waals surface area contributed by atoms with Crippen LogP contribution in [0, 0.1) is 0 Å². The number of amides is 3. The van der Waals surface area contributed by atoms with Gasteiger partial charge in [-0.25, -0.2) is 9.59 Å². The molecule has 1 atom stereocenters. The largest absolute Gasteiger partial charge is 0.467 e. The van der Waals surface area contributed by atoms with Crippen molar-refractivity contribution < 1.29 is 28.7 Å². The van der Waals surface area contributed by atoms with Gasteiger partial charge in [0.25, 0.3) is 0 Å². The lowest BCUT2D eigenvalue weighted by atomic mass is 10.1. The molecule has 0 saturated heterocycles. The number of fused-ring (bicyclic) bond motifs is 1. The van der Waals surface area contributed by atoms with Crippen LogP contribution in [-0.2, 0) is 36.8 Å². The van der Waals surface area contributed by atoms with Crippen LogP contribution in [0.25, 0.3) is 10.9 Å². The van der Waals surface area contributed by atoms with E-state index in [1.807, 2.05) is 35.0 Å². The molecule has 2 N–H and O–H groups in total. The standard InChI is InChI=1S/C28H40N4O6/c1-7-15-31-18-20(21-12-9-10-13-23(21)31)17-25(34)32(16-11-14-29-27(36)38-28(3,4)5)19-24(33)30-22(8-2)26(35)37-6/h7,9-10,12-13,18,22H,1,8,11,14-17,19H2,2-6H3,(H,29,36)(H,30,33). The number of hydrogen-bond acceptors (Lipinski definition) is 6. The molecule has 0 radical (unpaired) electrons. The molecule has 3 amide bonds. The monoisotopic (exact) mass is 528 g/mol. The first kappa shape index (κ1) is 30.4.